The number of likely N-dealkylation sites (N-methyl/N-ethyl adjacent to an activating group) is 1. The minimum Gasteiger partial charge on any atom is -0.482 e. The van der Waals surface area contributed by atoms with Crippen LogP contribution in [0.1, 0.15) is 34.3 Å². The largest absolute Gasteiger partial charge is 0.482 e. The second-order valence-corrected chi connectivity index (χ2v) is 9.24. The molecule has 11 heteroatoms. The molecule has 1 aliphatic rings. The van der Waals surface area contributed by atoms with Crippen molar-refractivity contribution in [2.75, 3.05) is 25.7 Å². The molecule has 1 N–H and O–H groups in total. The van der Waals surface area contributed by atoms with E-state index in [9.17, 15) is 32.3 Å². The Morgan fingerprint density at radius 2 is 1.84 bits per heavy atom. The average molecular weight is 552 g/mol. The highest BCUT2D eigenvalue weighted by molar-refractivity contribution is 6.31. The van der Waals surface area contributed by atoms with E-state index in [1.807, 2.05) is 0 Å². The van der Waals surface area contributed by atoms with E-state index in [1.54, 1.807) is 0 Å². The van der Waals surface area contributed by atoms with Gasteiger partial charge in [-0.1, -0.05) is 42.8 Å². The molecule has 0 spiro atoms. The number of halogens is 5. The number of anilines is 1. The highest BCUT2D eigenvalue weighted by atomic mass is 35.5. The molecule has 0 saturated heterocycles. The monoisotopic (exact) mass is 551 g/mol. The number of methoxy groups -OCH3 is 1. The number of esters is 1. The number of nitrogens with zero attached hydrogens (tertiary/aromatic N) is 1. The van der Waals surface area contributed by atoms with Crippen molar-refractivity contribution in [3.63, 3.8) is 0 Å². The van der Waals surface area contributed by atoms with Gasteiger partial charge < -0.3 is 19.5 Å². The van der Waals surface area contributed by atoms with Crippen molar-refractivity contribution in [1.29, 1.82) is 0 Å². The maximum atomic E-state index is 14.7. The van der Waals surface area contributed by atoms with Gasteiger partial charge in [-0.05, 0) is 47.0 Å². The van der Waals surface area contributed by atoms with Crippen molar-refractivity contribution in [3.8, 4) is 16.9 Å². The third-order valence-corrected chi connectivity index (χ3v) is 7.04. The van der Waals surface area contributed by atoms with Crippen molar-refractivity contribution >= 4 is 29.2 Å². The maximum Gasteiger partial charge on any atom is 0.422 e. The molecule has 0 fully saturated rings. The smallest absolute Gasteiger partial charge is 0.422 e. The fourth-order valence-electron chi connectivity index (χ4n) is 4.43. The average Bonchev–Trinajstić information content (AvgIpc) is 2.88. The van der Waals surface area contributed by atoms with Crippen molar-refractivity contribution in [3.05, 3.63) is 82.1 Å². The van der Waals surface area contributed by atoms with Crippen molar-refractivity contribution < 1.29 is 41.7 Å². The molecule has 0 aromatic heterocycles. The first-order valence-electron chi connectivity index (χ1n) is 11.3. The van der Waals surface area contributed by atoms with Crippen molar-refractivity contribution in [2.24, 2.45) is 0 Å². The maximum absolute atomic E-state index is 14.7. The van der Waals surface area contributed by atoms with Gasteiger partial charge in [0.25, 0.3) is 5.91 Å². The SMILES string of the molecule is COC(=O)c1ccc(-c2ccc(C(C)C(O)(c3ccc4c(c3)N(C)C(=O)CO4)C(F)(F)F)c(Cl)c2)c(F)c1. The predicted molar refractivity (Wildman–Crippen MR) is 132 cm³/mol. The summed E-state index contributed by atoms with van der Waals surface area (Å²) >= 11 is 6.38. The fourth-order valence-corrected chi connectivity index (χ4v) is 4.78. The summed E-state index contributed by atoms with van der Waals surface area (Å²) in [5.74, 6) is -3.35. The van der Waals surface area contributed by atoms with E-state index in [1.165, 1.54) is 50.4 Å². The molecule has 1 aliphatic heterocycles. The number of benzene rings is 3. The van der Waals surface area contributed by atoms with Crippen LogP contribution in [-0.4, -0.2) is 43.9 Å². The number of alkyl halides is 3. The molecule has 6 nitrogen and oxygen atoms in total. The number of carbonyl (C=O) groups is 2. The van der Waals surface area contributed by atoms with Crippen LogP contribution >= 0.6 is 11.6 Å². The number of amides is 1. The van der Waals surface area contributed by atoms with E-state index in [4.69, 9.17) is 16.3 Å². The lowest BCUT2D eigenvalue weighted by atomic mass is 9.77. The number of hydrogen-bond acceptors (Lipinski definition) is 5. The Kier molecular flexibility index (Phi) is 7.15. The van der Waals surface area contributed by atoms with E-state index in [-0.39, 0.29) is 45.3 Å². The van der Waals surface area contributed by atoms with Crippen LogP contribution in [-0.2, 0) is 15.1 Å². The molecule has 200 valence electrons. The molecule has 0 bridgehead atoms. The summed E-state index contributed by atoms with van der Waals surface area (Å²) < 4.78 is 68.1. The topological polar surface area (TPSA) is 76.1 Å². The van der Waals surface area contributed by atoms with Gasteiger partial charge in [0, 0.05) is 23.6 Å². The molecule has 3 aromatic rings. The van der Waals surface area contributed by atoms with Gasteiger partial charge in [0.15, 0.2) is 12.2 Å². The van der Waals surface area contributed by atoms with E-state index in [0.29, 0.717) is 0 Å². The molecule has 0 radical (unpaired) electrons. The molecule has 1 heterocycles. The zero-order valence-corrected chi connectivity index (χ0v) is 21.2. The molecule has 2 unspecified atom stereocenters. The fraction of sp³-hybridized carbons (Fsp3) is 0.259. The Labute approximate surface area is 220 Å². The van der Waals surface area contributed by atoms with E-state index in [0.717, 1.165) is 30.2 Å². The summed E-state index contributed by atoms with van der Waals surface area (Å²) in [6, 6.07) is 11.0. The summed E-state index contributed by atoms with van der Waals surface area (Å²) in [7, 11) is 2.56. The standard InChI is InChI=1S/C27H22ClF4NO5/c1-14(18-7-4-15(10-20(18)28)19-8-5-16(11-21(19)29)25(35)37-3)26(36,27(30,31)32)17-6-9-23-22(12-17)33(2)24(34)13-38-23/h4-12,14,36H,13H2,1-3H3. The van der Waals surface area contributed by atoms with Gasteiger partial charge in [-0.15, -0.1) is 0 Å². The van der Waals surface area contributed by atoms with Gasteiger partial charge in [-0.25, -0.2) is 9.18 Å². The van der Waals surface area contributed by atoms with Gasteiger partial charge in [-0.3, -0.25) is 4.79 Å². The first kappa shape index (κ1) is 27.4. The summed E-state index contributed by atoms with van der Waals surface area (Å²) in [4.78, 5) is 24.8. The number of rotatable bonds is 5. The Balaban J connectivity index is 1.75. The molecule has 38 heavy (non-hydrogen) atoms. The van der Waals surface area contributed by atoms with Gasteiger partial charge in [0.2, 0.25) is 0 Å². The summed E-state index contributed by atoms with van der Waals surface area (Å²) in [6.45, 7) is 0.918. The van der Waals surface area contributed by atoms with E-state index < -0.39 is 41.0 Å². The summed E-state index contributed by atoms with van der Waals surface area (Å²) in [6.07, 6.45) is -5.14. The molecule has 4 rings (SSSR count). The lowest BCUT2D eigenvalue weighted by Gasteiger charge is -2.38. The molecule has 3 aromatic carbocycles. The van der Waals surface area contributed by atoms with Gasteiger partial charge in [0.1, 0.15) is 11.6 Å². The first-order valence-corrected chi connectivity index (χ1v) is 11.7. The van der Waals surface area contributed by atoms with Crippen molar-refractivity contribution in [2.45, 2.75) is 24.6 Å². The first-order chi connectivity index (χ1) is 17.8. The highest BCUT2D eigenvalue weighted by Crippen LogP contribution is 2.51. The highest BCUT2D eigenvalue weighted by Gasteiger charge is 2.59. The summed E-state index contributed by atoms with van der Waals surface area (Å²) in [5, 5.41) is 11.1. The molecular formula is C27H22ClF4NO5. The van der Waals surface area contributed by atoms with Crippen molar-refractivity contribution in [1.82, 2.24) is 0 Å². The lowest BCUT2D eigenvalue weighted by Crippen LogP contribution is -2.47. The Hall–Kier alpha value is -3.63. The second kappa shape index (κ2) is 9.92. The van der Waals surface area contributed by atoms with Crippen LogP contribution in [0.5, 0.6) is 5.75 Å². The molecule has 1 amide bonds. The van der Waals surface area contributed by atoms with Crippen LogP contribution in [0.2, 0.25) is 5.02 Å². The number of carbonyl (C=O) groups excluding carboxylic acids is 2. The number of fused-ring (bicyclic) bond motifs is 1. The quantitative estimate of drug-likeness (QED) is 0.318. The van der Waals surface area contributed by atoms with E-state index >= 15 is 0 Å². The van der Waals surface area contributed by atoms with Crippen LogP contribution in [0.15, 0.2) is 54.6 Å². The third-order valence-electron chi connectivity index (χ3n) is 6.71. The minimum atomic E-state index is -5.14. The van der Waals surface area contributed by atoms with Gasteiger partial charge >= 0.3 is 12.1 Å². The Morgan fingerprint density at radius 1 is 1.13 bits per heavy atom. The Bertz CT molecular complexity index is 1430. The molecule has 0 saturated carbocycles. The number of ether oxygens (including phenoxy) is 2. The van der Waals surface area contributed by atoms with E-state index in [2.05, 4.69) is 4.74 Å². The number of aliphatic hydroxyl groups is 1. The molecule has 2 atom stereocenters. The zero-order valence-electron chi connectivity index (χ0n) is 20.4. The van der Waals surface area contributed by atoms with Crippen LogP contribution < -0.4 is 9.64 Å². The number of hydrogen-bond donors (Lipinski definition) is 1. The van der Waals surface area contributed by atoms with Crippen LogP contribution in [0.25, 0.3) is 11.1 Å². The van der Waals surface area contributed by atoms with Crippen LogP contribution in [0, 0.1) is 5.82 Å². The van der Waals surface area contributed by atoms with Gasteiger partial charge in [0.05, 0.1) is 18.4 Å². The summed E-state index contributed by atoms with van der Waals surface area (Å²) in [5.41, 5.74) is -3.56. The minimum absolute atomic E-state index is 0.0110. The van der Waals surface area contributed by atoms with Gasteiger partial charge in [-0.2, -0.15) is 13.2 Å². The van der Waals surface area contributed by atoms with Crippen LogP contribution in [0.3, 0.4) is 0 Å². The lowest BCUT2D eigenvalue weighted by molar-refractivity contribution is -0.274. The second-order valence-electron chi connectivity index (χ2n) is 8.83. The normalized spacial score (nSPS) is 15.8. The molecule has 0 aliphatic carbocycles. The molecular weight excluding hydrogens is 530 g/mol. The zero-order chi connectivity index (χ0) is 28.0. The predicted octanol–water partition coefficient (Wildman–Crippen LogP) is 5.84. The Morgan fingerprint density at radius 3 is 2.45 bits per heavy atom. The third kappa shape index (κ3) is 4.58. The van der Waals surface area contributed by atoms with Crippen LogP contribution in [0.4, 0.5) is 23.2 Å².